The topological polar surface area (TPSA) is 67.4 Å². The lowest BCUT2D eigenvalue weighted by atomic mass is 9.91. The van der Waals surface area contributed by atoms with Gasteiger partial charge in [-0.05, 0) is 29.5 Å². The quantitative estimate of drug-likeness (QED) is 0.637. The summed E-state index contributed by atoms with van der Waals surface area (Å²) in [6.07, 6.45) is 1.96. The van der Waals surface area contributed by atoms with E-state index >= 15 is 0 Å². The van der Waals surface area contributed by atoms with Gasteiger partial charge in [0.15, 0.2) is 0 Å². The van der Waals surface area contributed by atoms with Gasteiger partial charge in [-0.1, -0.05) is 42.5 Å². The lowest BCUT2D eigenvalue weighted by Gasteiger charge is -2.29. The predicted molar refractivity (Wildman–Crippen MR) is 100 cm³/mol. The molecular formula is C19H20N2O3S. The highest BCUT2D eigenvalue weighted by molar-refractivity contribution is 7.98. The van der Waals surface area contributed by atoms with Gasteiger partial charge in [-0.2, -0.15) is 11.8 Å². The van der Waals surface area contributed by atoms with Crippen molar-refractivity contribution in [2.75, 3.05) is 18.6 Å². The molecule has 2 aromatic rings. The van der Waals surface area contributed by atoms with Crippen molar-refractivity contribution in [3.8, 4) is 0 Å². The lowest BCUT2D eigenvalue weighted by Crippen LogP contribution is -2.45. The molecule has 0 unspecified atom stereocenters. The first-order valence-corrected chi connectivity index (χ1v) is 9.43. The average Bonchev–Trinajstić information content (AvgIpc) is 2.60. The molecule has 0 aromatic heterocycles. The number of amides is 2. The summed E-state index contributed by atoms with van der Waals surface area (Å²) in [6.45, 7) is 2.06. The predicted octanol–water partition coefficient (Wildman–Crippen LogP) is 3.37. The van der Waals surface area contributed by atoms with Crippen molar-refractivity contribution < 1.29 is 14.3 Å². The van der Waals surface area contributed by atoms with Crippen molar-refractivity contribution in [3.63, 3.8) is 0 Å². The first-order chi connectivity index (χ1) is 12.1. The number of thioether (sulfide) groups is 1. The zero-order valence-electron chi connectivity index (χ0n) is 14.2. The second-order valence-electron chi connectivity index (χ2n) is 5.77. The molecular weight excluding hydrogens is 336 g/mol. The fourth-order valence-corrected chi connectivity index (χ4v) is 3.25. The van der Waals surface area contributed by atoms with E-state index in [2.05, 4.69) is 10.6 Å². The summed E-state index contributed by atoms with van der Waals surface area (Å²) in [5.41, 5.74) is 1.84. The third-order valence-electron chi connectivity index (χ3n) is 4.14. The van der Waals surface area contributed by atoms with E-state index in [9.17, 15) is 9.59 Å². The number of fused-ring (bicyclic) bond motifs is 1. The molecule has 2 aromatic carbocycles. The molecule has 1 aliphatic rings. The first kappa shape index (κ1) is 17.4. The van der Waals surface area contributed by atoms with Gasteiger partial charge in [0.25, 0.3) is 0 Å². The third-order valence-corrected chi connectivity index (χ3v) is 4.72. The fourth-order valence-electron chi connectivity index (χ4n) is 3.00. The van der Waals surface area contributed by atoms with Crippen LogP contribution in [0.2, 0.25) is 0 Å². The number of ether oxygens (including phenoxy) is 1. The van der Waals surface area contributed by atoms with Gasteiger partial charge in [-0.15, -0.1) is 0 Å². The number of benzene rings is 2. The highest BCUT2D eigenvalue weighted by Gasteiger charge is 2.32. The first-order valence-electron chi connectivity index (χ1n) is 8.04. The number of carbonyl (C=O) groups is 2. The van der Waals surface area contributed by atoms with E-state index in [0.717, 1.165) is 22.1 Å². The Hall–Kier alpha value is -2.47. The number of rotatable bonds is 5. The Bertz CT molecular complexity index is 842. The Morgan fingerprint density at radius 3 is 2.76 bits per heavy atom. The molecule has 6 heteroatoms. The summed E-state index contributed by atoms with van der Waals surface area (Å²) in [4.78, 5) is 24.6. The molecule has 0 spiro atoms. The molecule has 0 saturated heterocycles. The molecule has 0 aliphatic carbocycles. The SMILES string of the molecule is CSCCOC(=O)C1=C(C)NC(=O)N[C@H]1c1cccc2ccccc12. The average molecular weight is 356 g/mol. The summed E-state index contributed by atoms with van der Waals surface area (Å²) >= 11 is 1.61. The highest BCUT2D eigenvalue weighted by atomic mass is 32.2. The van der Waals surface area contributed by atoms with Gasteiger partial charge in [0.2, 0.25) is 0 Å². The van der Waals surface area contributed by atoms with Crippen LogP contribution < -0.4 is 10.6 Å². The zero-order chi connectivity index (χ0) is 17.8. The van der Waals surface area contributed by atoms with E-state index < -0.39 is 12.0 Å². The molecule has 2 amide bonds. The van der Waals surface area contributed by atoms with Crippen molar-refractivity contribution in [2.45, 2.75) is 13.0 Å². The van der Waals surface area contributed by atoms with Gasteiger partial charge in [0.05, 0.1) is 11.6 Å². The molecule has 2 N–H and O–H groups in total. The molecule has 0 bridgehead atoms. The number of allylic oxidation sites excluding steroid dienone is 1. The standard InChI is InChI=1S/C19H20N2O3S/c1-12-16(18(22)24-10-11-25-2)17(21-19(23)20-12)15-9-5-7-13-6-3-4-8-14(13)15/h3-9,17H,10-11H2,1-2H3,(H2,20,21,23)/t17-/m0/s1. The van der Waals surface area contributed by atoms with Crippen LogP contribution in [0.3, 0.4) is 0 Å². The molecule has 0 fully saturated rings. The van der Waals surface area contributed by atoms with Crippen LogP contribution in [0, 0.1) is 0 Å². The maximum atomic E-state index is 12.6. The Morgan fingerprint density at radius 1 is 1.20 bits per heavy atom. The molecule has 25 heavy (non-hydrogen) atoms. The van der Waals surface area contributed by atoms with Crippen molar-refractivity contribution in [2.24, 2.45) is 0 Å². The van der Waals surface area contributed by atoms with Crippen LogP contribution in [-0.4, -0.2) is 30.6 Å². The van der Waals surface area contributed by atoms with E-state index in [4.69, 9.17) is 4.74 Å². The molecule has 0 saturated carbocycles. The van der Waals surface area contributed by atoms with E-state index in [1.807, 2.05) is 48.7 Å². The Morgan fingerprint density at radius 2 is 1.96 bits per heavy atom. The van der Waals surface area contributed by atoms with Gasteiger partial charge in [0.1, 0.15) is 6.61 Å². The van der Waals surface area contributed by atoms with Crippen molar-refractivity contribution >= 4 is 34.5 Å². The molecule has 130 valence electrons. The number of nitrogens with one attached hydrogen (secondary N) is 2. The smallest absolute Gasteiger partial charge is 0.338 e. The minimum absolute atomic E-state index is 0.323. The number of carbonyl (C=O) groups excluding carboxylic acids is 2. The summed E-state index contributed by atoms with van der Waals surface area (Å²) in [5.74, 6) is 0.327. The van der Waals surface area contributed by atoms with Crippen LogP contribution in [0.15, 0.2) is 53.7 Å². The van der Waals surface area contributed by atoms with Crippen LogP contribution in [0.1, 0.15) is 18.5 Å². The molecule has 1 heterocycles. The second-order valence-corrected chi connectivity index (χ2v) is 6.75. The van der Waals surface area contributed by atoms with E-state index in [1.54, 1.807) is 18.7 Å². The Labute approximate surface area is 150 Å². The fraction of sp³-hybridized carbons (Fsp3) is 0.263. The molecule has 1 atom stereocenters. The minimum atomic E-state index is -0.540. The van der Waals surface area contributed by atoms with Crippen LogP contribution in [0.25, 0.3) is 10.8 Å². The van der Waals surface area contributed by atoms with E-state index in [-0.39, 0.29) is 6.03 Å². The van der Waals surface area contributed by atoms with Crippen molar-refractivity contribution in [1.29, 1.82) is 0 Å². The molecule has 0 radical (unpaired) electrons. The van der Waals surface area contributed by atoms with Crippen LogP contribution in [-0.2, 0) is 9.53 Å². The second kappa shape index (κ2) is 7.61. The van der Waals surface area contributed by atoms with E-state index in [0.29, 0.717) is 17.9 Å². The van der Waals surface area contributed by atoms with Crippen LogP contribution in [0.5, 0.6) is 0 Å². The van der Waals surface area contributed by atoms with E-state index in [1.165, 1.54) is 0 Å². The van der Waals surface area contributed by atoms with Crippen molar-refractivity contribution in [3.05, 3.63) is 59.3 Å². The summed E-state index contributed by atoms with van der Waals surface area (Å²) in [6, 6.07) is 12.9. The minimum Gasteiger partial charge on any atom is -0.461 e. The van der Waals surface area contributed by atoms with Gasteiger partial charge >= 0.3 is 12.0 Å². The Balaban J connectivity index is 2.03. The highest BCUT2D eigenvalue weighted by Crippen LogP contribution is 2.32. The molecule has 1 aliphatic heterocycles. The number of esters is 1. The molecule has 3 rings (SSSR count). The third kappa shape index (κ3) is 3.64. The lowest BCUT2D eigenvalue weighted by molar-refractivity contribution is -0.138. The maximum absolute atomic E-state index is 12.6. The monoisotopic (exact) mass is 356 g/mol. The Kier molecular flexibility index (Phi) is 5.28. The summed E-state index contributed by atoms with van der Waals surface area (Å²) < 4.78 is 5.38. The molecule has 5 nitrogen and oxygen atoms in total. The normalized spacial score (nSPS) is 17.2. The van der Waals surface area contributed by atoms with Gasteiger partial charge in [-0.3, -0.25) is 0 Å². The van der Waals surface area contributed by atoms with Crippen LogP contribution >= 0.6 is 11.8 Å². The maximum Gasteiger partial charge on any atom is 0.338 e. The largest absolute Gasteiger partial charge is 0.461 e. The number of hydrogen-bond acceptors (Lipinski definition) is 4. The summed E-state index contributed by atoms with van der Waals surface area (Å²) in [5, 5.41) is 7.59. The van der Waals surface area contributed by atoms with Crippen molar-refractivity contribution in [1.82, 2.24) is 10.6 Å². The summed E-state index contributed by atoms with van der Waals surface area (Å²) in [7, 11) is 0. The van der Waals surface area contributed by atoms with Gasteiger partial charge < -0.3 is 15.4 Å². The number of urea groups is 1. The van der Waals surface area contributed by atoms with Crippen LogP contribution in [0.4, 0.5) is 4.79 Å². The zero-order valence-corrected chi connectivity index (χ0v) is 15.0. The van der Waals surface area contributed by atoms with Gasteiger partial charge in [0, 0.05) is 11.4 Å². The van der Waals surface area contributed by atoms with Gasteiger partial charge in [-0.25, -0.2) is 9.59 Å². The number of hydrogen-bond donors (Lipinski definition) is 2.